The number of carbonyl (C=O) groups is 1. The summed E-state index contributed by atoms with van der Waals surface area (Å²) >= 11 is 5.91. The van der Waals surface area contributed by atoms with Gasteiger partial charge in [0.05, 0.1) is 35.9 Å². The van der Waals surface area contributed by atoms with E-state index in [-0.39, 0.29) is 27.5 Å². The Balaban J connectivity index is 1.94. The van der Waals surface area contributed by atoms with E-state index in [4.69, 9.17) is 25.8 Å². The van der Waals surface area contributed by atoms with Gasteiger partial charge in [0.15, 0.2) is 11.5 Å². The second-order valence-corrected chi connectivity index (χ2v) is 10.1. The Labute approximate surface area is 214 Å². The summed E-state index contributed by atoms with van der Waals surface area (Å²) in [6, 6.07) is 14.1. The van der Waals surface area contributed by atoms with E-state index < -0.39 is 28.3 Å². The number of carbonyl (C=O) groups excluding carboxylic acids is 1. The summed E-state index contributed by atoms with van der Waals surface area (Å²) in [6.45, 7) is 3.18. The first-order valence-corrected chi connectivity index (χ1v) is 12.6. The van der Waals surface area contributed by atoms with E-state index in [1.165, 1.54) is 38.5 Å². The minimum absolute atomic E-state index is 0.00650. The average Bonchev–Trinajstić information content (AvgIpc) is 2.84. The van der Waals surface area contributed by atoms with Crippen LogP contribution in [0.5, 0.6) is 17.2 Å². The molecule has 0 saturated heterocycles. The summed E-state index contributed by atoms with van der Waals surface area (Å²) in [6.07, 6.45) is -0.0108. The molecule has 0 spiro atoms. The van der Waals surface area contributed by atoms with Gasteiger partial charge in [0.1, 0.15) is 18.1 Å². The Bertz CT molecular complexity index is 1330. The topological polar surface area (TPSA) is 94.2 Å². The van der Waals surface area contributed by atoms with Crippen LogP contribution in [0.3, 0.4) is 0 Å². The number of benzene rings is 3. The maximum atomic E-state index is 13.8. The molecule has 0 aliphatic carbocycles. The first-order valence-electron chi connectivity index (χ1n) is 10.8. The summed E-state index contributed by atoms with van der Waals surface area (Å²) in [4.78, 5) is 12.7. The second-order valence-electron chi connectivity index (χ2n) is 7.87. The van der Waals surface area contributed by atoms with Crippen molar-refractivity contribution in [2.45, 2.75) is 24.8 Å². The number of ether oxygens (including phenoxy) is 3. The van der Waals surface area contributed by atoms with Crippen LogP contribution >= 0.6 is 11.6 Å². The smallest absolute Gasteiger partial charge is 0.264 e. The molecule has 3 aromatic rings. The molecule has 192 valence electrons. The highest BCUT2D eigenvalue weighted by Crippen LogP contribution is 2.33. The molecule has 0 unspecified atom stereocenters. The molecule has 8 nitrogen and oxygen atoms in total. The minimum Gasteiger partial charge on any atom is -0.493 e. The zero-order valence-corrected chi connectivity index (χ0v) is 21.7. The Morgan fingerprint density at radius 2 is 1.67 bits per heavy atom. The number of sulfonamides is 1. The van der Waals surface area contributed by atoms with Crippen LogP contribution in [-0.2, 0) is 14.8 Å². The van der Waals surface area contributed by atoms with Gasteiger partial charge in [-0.1, -0.05) is 11.6 Å². The summed E-state index contributed by atoms with van der Waals surface area (Å²) in [5.41, 5.74) is 0.448. The van der Waals surface area contributed by atoms with E-state index in [1.807, 2.05) is 13.8 Å². The lowest BCUT2D eigenvalue weighted by molar-refractivity contribution is -0.114. The number of rotatable bonds is 10. The quantitative estimate of drug-likeness (QED) is 0.386. The largest absolute Gasteiger partial charge is 0.493 e. The molecule has 0 aromatic heterocycles. The highest BCUT2D eigenvalue weighted by Gasteiger charge is 2.29. The standard InChI is InChI=1S/C25H26ClFN2O6S/c1-16(2)35-19-8-5-17(6-9-19)28-25(30)15-29(18-7-11-22(27)21(26)13-18)36(31,32)20-10-12-23(33-3)24(14-20)34-4/h5-14,16H,15H2,1-4H3,(H,28,30). The monoisotopic (exact) mass is 536 g/mol. The van der Waals surface area contributed by atoms with Crippen LogP contribution in [0.2, 0.25) is 5.02 Å². The SMILES string of the molecule is COc1ccc(S(=O)(=O)N(CC(=O)Nc2ccc(OC(C)C)cc2)c2ccc(F)c(Cl)c2)cc1OC. The number of methoxy groups -OCH3 is 2. The Morgan fingerprint density at radius 3 is 2.25 bits per heavy atom. The Kier molecular flexibility index (Phi) is 8.65. The fourth-order valence-electron chi connectivity index (χ4n) is 3.28. The van der Waals surface area contributed by atoms with Gasteiger partial charge in [0.25, 0.3) is 10.0 Å². The van der Waals surface area contributed by atoms with Gasteiger partial charge in [-0.25, -0.2) is 12.8 Å². The van der Waals surface area contributed by atoms with E-state index in [0.29, 0.717) is 17.2 Å². The molecule has 11 heteroatoms. The van der Waals surface area contributed by atoms with Crippen LogP contribution in [0.25, 0.3) is 0 Å². The maximum Gasteiger partial charge on any atom is 0.264 e. The van der Waals surface area contributed by atoms with Gasteiger partial charge in [0.2, 0.25) is 5.91 Å². The van der Waals surface area contributed by atoms with Crippen molar-refractivity contribution in [1.29, 1.82) is 0 Å². The molecule has 3 rings (SSSR count). The molecule has 0 fully saturated rings. The van der Waals surface area contributed by atoms with E-state index in [9.17, 15) is 17.6 Å². The normalized spacial score (nSPS) is 11.2. The first-order chi connectivity index (χ1) is 17.0. The van der Waals surface area contributed by atoms with E-state index in [1.54, 1.807) is 24.3 Å². The fourth-order valence-corrected chi connectivity index (χ4v) is 4.88. The van der Waals surface area contributed by atoms with Crippen LogP contribution in [0.4, 0.5) is 15.8 Å². The fraction of sp³-hybridized carbons (Fsp3) is 0.240. The molecular formula is C25H26ClFN2O6S. The van der Waals surface area contributed by atoms with Gasteiger partial charge < -0.3 is 19.5 Å². The molecule has 1 amide bonds. The molecule has 36 heavy (non-hydrogen) atoms. The zero-order valence-electron chi connectivity index (χ0n) is 20.1. The summed E-state index contributed by atoms with van der Waals surface area (Å²) in [5.74, 6) is -0.213. The van der Waals surface area contributed by atoms with E-state index in [2.05, 4.69) is 5.32 Å². The van der Waals surface area contributed by atoms with Crippen molar-refractivity contribution in [2.24, 2.45) is 0 Å². The molecule has 0 atom stereocenters. The zero-order chi connectivity index (χ0) is 26.5. The number of halogens is 2. The molecule has 0 heterocycles. The summed E-state index contributed by atoms with van der Waals surface area (Å²) in [5, 5.41) is 2.37. The van der Waals surface area contributed by atoms with Crippen molar-refractivity contribution >= 4 is 38.9 Å². The highest BCUT2D eigenvalue weighted by molar-refractivity contribution is 7.92. The lowest BCUT2D eigenvalue weighted by atomic mass is 10.3. The lowest BCUT2D eigenvalue weighted by Gasteiger charge is -2.25. The predicted octanol–water partition coefficient (Wildman–Crippen LogP) is 5.12. The van der Waals surface area contributed by atoms with Crippen molar-refractivity contribution in [3.63, 3.8) is 0 Å². The van der Waals surface area contributed by atoms with Crippen molar-refractivity contribution in [3.8, 4) is 17.2 Å². The number of nitrogens with one attached hydrogen (secondary N) is 1. The molecule has 0 radical (unpaired) electrons. The third-order valence-corrected chi connectivity index (χ3v) is 6.99. The third kappa shape index (κ3) is 6.38. The molecule has 0 saturated carbocycles. The summed E-state index contributed by atoms with van der Waals surface area (Å²) in [7, 11) is -1.52. The predicted molar refractivity (Wildman–Crippen MR) is 136 cm³/mol. The van der Waals surface area contributed by atoms with Crippen LogP contribution in [0.1, 0.15) is 13.8 Å². The van der Waals surface area contributed by atoms with Crippen LogP contribution in [0.15, 0.2) is 65.6 Å². The number of anilines is 2. The van der Waals surface area contributed by atoms with Gasteiger partial charge >= 0.3 is 0 Å². The van der Waals surface area contributed by atoms with Gasteiger partial charge in [0, 0.05) is 11.8 Å². The highest BCUT2D eigenvalue weighted by atomic mass is 35.5. The molecular weight excluding hydrogens is 511 g/mol. The van der Waals surface area contributed by atoms with Crippen molar-refractivity contribution < 1.29 is 31.8 Å². The maximum absolute atomic E-state index is 13.8. The van der Waals surface area contributed by atoms with Gasteiger partial charge in [-0.05, 0) is 68.4 Å². The van der Waals surface area contributed by atoms with E-state index >= 15 is 0 Å². The minimum atomic E-state index is -4.31. The number of hydrogen-bond acceptors (Lipinski definition) is 6. The third-order valence-electron chi connectivity index (χ3n) is 4.93. The van der Waals surface area contributed by atoms with E-state index in [0.717, 1.165) is 16.4 Å². The van der Waals surface area contributed by atoms with Crippen LogP contribution < -0.4 is 23.8 Å². The molecule has 1 N–H and O–H groups in total. The summed E-state index contributed by atoms with van der Waals surface area (Å²) < 4.78 is 57.9. The van der Waals surface area contributed by atoms with Gasteiger partial charge in [-0.2, -0.15) is 0 Å². The van der Waals surface area contributed by atoms with Crippen molar-refractivity contribution in [2.75, 3.05) is 30.4 Å². The first kappa shape index (κ1) is 27.1. The van der Waals surface area contributed by atoms with Gasteiger partial charge in [-0.3, -0.25) is 9.10 Å². The number of hydrogen-bond donors (Lipinski definition) is 1. The lowest BCUT2D eigenvalue weighted by Crippen LogP contribution is -2.38. The van der Waals surface area contributed by atoms with Crippen LogP contribution in [-0.4, -0.2) is 41.2 Å². The number of amides is 1. The Morgan fingerprint density at radius 1 is 1.00 bits per heavy atom. The molecule has 0 bridgehead atoms. The molecule has 0 aliphatic heterocycles. The molecule has 3 aromatic carbocycles. The number of nitrogens with zero attached hydrogens (tertiary/aromatic N) is 1. The van der Waals surface area contributed by atoms with Crippen molar-refractivity contribution in [3.05, 3.63) is 71.5 Å². The second kappa shape index (κ2) is 11.5. The average molecular weight is 537 g/mol. The van der Waals surface area contributed by atoms with Crippen LogP contribution in [0, 0.1) is 5.82 Å². The molecule has 0 aliphatic rings. The Hall–Kier alpha value is -3.50. The van der Waals surface area contributed by atoms with Crippen molar-refractivity contribution in [1.82, 2.24) is 0 Å². The van der Waals surface area contributed by atoms with Gasteiger partial charge in [-0.15, -0.1) is 0 Å².